The Bertz CT molecular complexity index is 361. The standard InChI is InChI=1S/C8H4ClF2NO/c9-5-2-1-3-6(12-4-13)7(5)8(10)11/h1-3,8H. The monoisotopic (exact) mass is 203 g/mol. The predicted octanol–water partition coefficient (Wildman–Crippen LogP) is 3.24. The molecule has 0 unspecified atom stereocenters. The van der Waals surface area contributed by atoms with Crippen molar-refractivity contribution in [2.75, 3.05) is 0 Å². The molecule has 0 fully saturated rings. The van der Waals surface area contributed by atoms with Crippen LogP contribution >= 0.6 is 11.6 Å². The molecule has 0 saturated carbocycles. The number of rotatable bonds is 2. The van der Waals surface area contributed by atoms with Crippen LogP contribution < -0.4 is 0 Å². The maximum atomic E-state index is 12.3. The zero-order valence-electron chi connectivity index (χ0n) is 6.30. The summed E-state index contributed by atoms with van der Waals surface area (Å²) in [5, 5.41) is -0.105. The number of nitrogens with zero attached hydrogens (tertiary/aromatic N) is 1. The molecule has 13 heavy (non-hydrogen) atoms. The number of hydrogen-bond donors (Lipinski definition) is 0. The van der Waals surface area contributed by atoms with Gasteiger partial charge in [0.25, 0.3) is 6.43 Å². The van der Waals surface area contributed by atoms with E-state index < -0.39 is 12.0 Å². The van der Waals surface area contributed by atoms with Crippen molar-refractivity contribution in [2.45, 2.75) is 6.43 Å². The Hall–Kier alpha value is -1.25. The van der Waals surface area contributed by atoms with Crippen molar-refractivity contribution in [2.24, 2.45) is 4.99 Å². The number of isocyanates is 1. The zero-order valence-corrected chi connectivity index (χ0v) is 7.05. The summed E-state index contributed by atoms with van der Waals surface area (Å²) < 4.78 is 24.7. The van der Waals surface area contributed by atoms with E-state index in [-0.39, 0.29) is 10.7 Å². The highest BCUT2D eigenvalue weighted by molar-refractivity contribution is 6.31. The van der Waals surface area contributed by atoms with Crippen LogP contribution in [0.25, 0.3) is 0 Å². The molecule has 1 aromatic carbocycles. The summed E-state index contributed by atoms with van der Waals surface area (Å²) in [5.74, 6) is 0. The normalized spacial score (nSPS) is 9.85. The van der Waals surface area contributed by atoms with Crippen LogP contribution in [0, 0.1) is 0 Å². The summed E-state index contributed by atoms with van der Waals surface area (Å²) >= 11 is 5.49. The van der Waals surface area contributed by atoms with E-state index in [2.05, 4.69) is 4.99 Å². The number of benzene rings is 1. The Morgan fingerprint density at radius 3 is 2.69 bits per heavy atom. The minimum absolute atomic E-state index is 0.105. The van der Waals surface area contributed by atoms with Crippen molar-refractivity contribution in [1.29, 1.82) is 0 Å². The van der Waals surface area contributed by atoms with Crippen LogP contribution in [0.2, 0.25) is 5.02 Å². The number of aliphatic imine (C=N–C) groups is 1. The van der Waals surface area contributed by atoms with Crippen LogP contribution in [0.1, 0.15) is 12.0 Å². The molecule has 0 aliphatic rings. The van der Waals surface area contributed by atoms with E-state index in [1.807, 2.05) is 0 Å². The topological polar surface area (TPSA) is 29.4 Å². The van der Waals surface area contributed by atoms with Gasteiger partial charge in [-0.2, -0.15) is 4.99 Å². The largest absolute Gasteiger partial charge is 0.267 e. The van der Waals surface area contributed by atoms with Crippen LogP contribution in [-0.4, -0.2) is 6.08 Å². The molecular formula is C8H4ClF2NO. The third-order valence-electron chi connectivity index (χ3n) is 1.41. The van der Waals surface area contributed by atoms with Crippen molar-refractivity contribution in [3.8, 4) is 0 Å². The lowest BCUT2D eigenvalue weighted by molar-refractivity contribution is 0.152. The molecule has 0 heterocycles. The Morgan fingerprint density at radius 1 is 1.46 bits per heavy atom. The van der Waals surface area contributed by atoms with Crippen molar-refractivity contribution >= 4 is 23.4 Å². The first-order valence-corrected chi connectivity index (χ1v) is 3.69. The molecule has 0 aromatic heterocycles. The van der Waals surface area contributed by atoms with E-state index in [1.54, 1.807) is 0 Å². The molecule has 0 amide bonds. The van der Waals surface area contributed by atoms with Crippen molar-refractivity contribution < 1.29 is 13.6 Å². The molecule has 0 atom stereocenters. The summed E-state index contributed by atoms with van der Waals surface area (Å²) in [7, 11) is 0. The van der Waals surface area contributed by atoms with Gasteiger partial charge in [0.15, 0.2) is 0 Å². The second-order valence-corrected chi connectivity index (χ2v) is 2.58. The van der Waals surface area contributed by atoms with Gasteiger partial charge >= 0.3 is 0 Å². The minimum atomic E-state index is -2.75. The molecule has 2 nitrogen and oxygen atoms in total. The van der Waals surface area contributed by atoms with Gasteiger partial charge in [-0.05, 0) is 12.1 Å². The third kappa shape index (κ3) is 2.11. The summed E-state index contributed by atoms with van der Waals surface area (Å²) in [4.78, 5) is 13.0. The second-order valence-electron chi connectivity index (χ2n) is 2.18. The highest BCUT2D eigenvalue weighted by Crippen LogP contribution is 2.34. The van der Waals surface area contributed by atoms with E-state index in [9.17, 15) is 13.6 Å². The summed E-state index contributed by atoms with van der Waals surface area (Å²) in [6, 6.07) is 4.02. The smallest absolute Gasteiger partial charge is 0.211 e. The number of halogens is 3. The van der Waals surface area contributed by atoms with E-state index in [1.165, 1.54) is 24.3 Å². The van der Waals surface area contributed by atoms with E-state index in [0.29, 0.717) is 0 Å². The first kappa shape index (κ1) is 9.84. The molecular weight excluding hydrogens is 200 g/mol. The average Bonchev–Trinajstić information content (AvgIpc) is 2.04. The first-order chi connectivity index (χ1) is 6.16. The number of hydrogen-bond acceptors (Lipinski definition) is 2. The summed E-state index contributed by atoms with van der Waals surface area (Å²) in [6.07, 6.45) is -1.56. The van der Waals surface area contributed by atoms with E-state index in [4.69, 9.17) is 11.6 Å². The molecule has 0 radical (unpaired) electrons. The SMILES string of the molecule is O=C=Nc1cccc(Cl)c1C(F)F. The molecule has 0 spiro atoms. The lowest BCUT2D eigenvalue weighted by Crippen LogP contribution is -1.86. The van der Waals surface area contributed by atoms with E-state index in [0.717, 1.165) is 0 Å². The molecule has 5 heteroatoms. The highest BCUT2D eigenvalue weighted by Gasteiger charge is 2.16. The average molecular weight is 204 g/mol. The van der Waals surface area contributed by atoms with Crippen LogP contribution in [0.5, 0.6) is 0 Å². The highest BCUT2D eigenvalue weighted by atomic mass is 35.5. The van der Waals surface area contributed by atoms with Gasteiger partial charge in [0.1, 0.15) is 0 Å². The Kier molecular flexibility index (Phi) is 3.12. The zero-order chi connectivity index (χ0) is 9.84. The van der Waals surface area contributed by atoms with Gasteiger partial charge in [-0.1, -0.05) is 17.7 Å². The van der Waals surface area contributed by atoms with Crippen molar-refractivity contribution in [3.05, 3.63) is 28.8 Å². The van der Waals surface area contributed by atoms with E-state index >= 15 is 0 Å². The third-order valence-corrected chi connectivity index (χ3v) is 1.74. The van der Waals surface area contributed by atoms with Gasteiger partial charge in [0.2, 0.25) is 6.08 Å². The Morgan fingerprint density at radius 2 is 2.15 bits per heavy atom. The van der Waals surface area contributed by atoms with Crippen LogP contribution in [0.15, 0.2) is 23.2 Å². The second kappa shape index (κ2) is 4.12. The minimum Gasteiger partial charge on any atom is -0.211 e. The Balaban J connectivity index is 3.33. The van der Waals surface area contributed by atoms with Gasteiger partial charge < -0.3 is 0 Å². The Labute approximate surface area is 77.9 Å². The molecule has 0 saturated heterocycles. The maximum absolute atomic E-state index is 12.3. The number of alkyl halides is 2. The maximum Gasteiger partial charge on any atom is 0.267 e. The van der Waals surface area contributed by atoms with Gasteiger partial charge in [-0.3, -0.25) is 0 Å². The van der Waals surface area contributed by atoms with Crippen LogP contribution in [0.3, 0.4) is 0 Å². The lowest BCUT2D eigenvalue weighted by Gasteiger charge is -2.04. The fourth-order valence-electron chi connectivity index (χ4n) is 0.888. The molecule has 1 rings (SSSR count). The first-order valence-electron chi connectivity index (χ1n) is 3.31. The lowest BCUT2D eigenvalue weighted by atomic mass is 10.2. The summed E-state index contributed by atoms with van der Waals surface area (Å²) in [5.41, 5.74) is -0.579. The molecule has 0 aliphatic carbocycles. The summed E-state index contributed by atoms with van der Waals surface area (Å²) in [6.45, 7) is 0. The number of carbonyl (C=O) groups excluding carboxylic acids is 1. The van der Waals surface area contributed by atoms with Gasteiger partial charge in [-0.25, -0.2) is 13.6 Å². The fraction of sp³-hybridized carbons (Fsp3) is 0.125. The molecule has 0 N–H and O–H groups in total. The predicted molar refractivity (Wildman–Crippen MR) is 44.2 cm³/mol. The quantitative estimate of drug-likeness (QED) is 0.536. The fourth-order valence-corrected chi connectivity index (χ4v) is 1.14. The molecule has 1 aromatic rings. The van der Waals surface area contributed by atoms with Crippen molar-refractivity contribution in [3.63, 3.8) is 0 Å². The molecule has 68 valence electrons. The molecule has 0 aliphatic heterocycles. The molecule has 0 bridgehead atoms. The van der Waals surface area contributed by atoms with Gasteiger partial charge in [0, 0.05) is 0 Å². The van der Waals surface area contributed by atoms with Crippen LogP contribution in [-0.2, 0) is 4.79 Å². The van der Waals surface area contributed by atoms with Gasteiger partial charge in [-0.15, -0.1) is 0 Å². The van der Waals surface area contributed by atoms with Crippen LogP contribution in [0.4, 0.5) is 14.5 Å². The van der Waals surface area contributed by atoms with Gasteiger partial charge in [0.05, 0.1) is 16.3 Å². The van der Waals surface area contributed by atoms with Crippen molar-refractivity contribution in [1.82, 2.24) is 0 Å².